The first kappa shape index (κ1) is 19.7. The molecule has 0 aliphatic heterocycles. The molecule has 1 aromatic rings. The molecule has 4 aliphatic carbocycles. The van der Waals surface area contributed by atoms with Crippen molar-refractivity contribution in [3.8, 4) is 11.8 Å². The summed E-state index contributed by atoms with van der Waals surface area (Å²) in [6.07, 6.45) is 7.31. The van der Waals surface area contributed by atoms with E-state index in [-0.39, 0.29) is 6.10 Å². The van der Waals surface area contributed by atoms with Crippen molar-refractivity contribution in [2.75, 3.05) is 6.61 Å². The molecule has 4 saturated carbocycles. The lowest BCUT2D eigenvalue weighted by molar-refractivity contribution is -0.149. The second-order valence-electron chi connectivity index (χ2n) is 10.1. The number of carbonyl (C=O) groups is 1. The molecule has 1 aromatic carbocycles. The average molecular weight is 379 g/mol. The van der Waals surface area contributed by atoms with Gasteiger partial charge >= 0.3 is 0 Å². The molecule has 2 nitrogen and oxygen atoms in total. The monoisotopic (exact) mass is 378 g/mol. The van der Waals surface area contributed by atoms with Gasteiger partial charge in [0.1, 0.15) is 11.9 Å². The maximum absolute atomic E-state index is 12.8. The van der Waals surface area contributed by atoms with E-state index in [9.17, 15) is 4.79 Å². The van der Waals surface area contributed by atoms with Gasteiger partial charge in [0.25, 0.3) is 0 Å². The summed E-state index contributed by atoms with van der Waals surface area (Å²) in [6, 6.07) is 10.1. The van der Waals surface area contributed by atoms with Gasteiger partial charge in [-0.05, 0) is 74.3 Å². The summed E-state index contributed by atoms with van der Waals surface area (Å²) in [7, 11) is 0. The van der Waals surface area contributed by atoms with Crippen LogP contribution in [-0.2, 0) is 9.53 Å². The lowest BCUT2D eigenvalue weighted by Crippen LogP contribution is -2.54. The lowest BCUT2D eigenvalue weighted by atomic mass is 9.46. The first-order valence-corrected chi connectivity index (χ1v) is 11.1. The van der Waals surface area contributed by atoms with Crippen molar-refractivity contribution in [1.29, 1.82) is 0 Å². The fraction of sp³-hybridized carbons (Fsp3) is 0.654. The smallest absolute Gasteiger partial charge is 0.142 e. The number of hydrogen-bond donors (Lipinski definition) is 0. The Morgan fingerprint density at radius 2 is 1.93 bits per heavy atom. The van der Waals surface area contributed by atoms with Crippen LogP contribution in [0.4, 0.5) is 0 Å². The fourth-order valence-corrected chi connectivity index (χ4v) is 5.92. The van der Waals surface area contributed by atoms with E-state index >= 15 is 0 Å². The normalized spacial score (nSPS) is 34.7. The Morgan fingerprint density at radius 1 is 1.14 bits per heavy atom. The zero-order chi connectivity index (χ0) is 19.8. The molecule has 4 fully saturated rings. The van der Waals surface area contributed by atoms with E-state index in [2.05, 4.69) is 32.6 Å². The fourth-order valence-electron chi connectivity index (χ4n) is 5.92. The highest BCUT2D eigenvalue weighted by Crippen LogP contribution is 2.61. The molecule has 4 aliphatic rings. The highest BCUT2D eigenvalue weighted by atomic mass is 16.5. The predicted molar refractivity (Wildman–Crippen MR) is 113 cm³/mol. The number of rotatable bonds is 4. The molecule has 0 saturated heterocycles. The van der Waals surface area contributed by atoms with Crippen molar-refractivity contribution >= 4 is 5.78 Å². The number of benzene rings is 1. The first-order chi connectivity index (χ1) is 13.4. The van der Waals surface area contributed by atoms with Crippen LogP contribution < -0.4 is 0 Å². The molecule has 0 amide bonds. The molecule has 0 unspecified atom stereocenters. The Kier molecular flexibility index (Phi) is 5.41. The summed E-state index contributed by atoms with van der Waals surface area (Å²) in [4.78, 5) is 12.8. The van der Waals surface area contributed by atoms with E-state index in [1.807, 2.05) is 30.3 Å². The molecule has 2 bridgehead atoms. The largest absolute Gasteiger partial charge is 0.364 e. The van der Waals surface area contributed by atoms with E-state index in [1.165, 1.54) is 19.3 Å². The van der Waals surface area contributed by atoms with Crippen molar-refractivity contribution in [2.45, 2.75) is 71.8 Å². The van der Waals surface area contributed by atoms with Gasteiger partial charge in [0.15, 0.2) is 0 Å². The van der Waals surface area contributed by atoms with Crippen molar-refractivity contribution < 1.29 is 9.53 Å². The first-order valence-electron chi connectivity index (χ1n) is 11.1. The van der Waals surface area contributed by atoms with E-state index in [0.717, 1.165) is 43.3 Å². The molecule has 0 aromatic heterocycles. The third kappa shape index (κ3) is 3.55. The minimum absolute atomic E-state index is 0.304. The minimum atomic E-state index is -0.466. The Bertz CT molecular complexity index is 767. The predicted octanol–water partition coefficient (Wildman–Crippen LogP) is 5.65. The summed E-state index contributed by atoms with van der Waals surface area (Å²) in [5, 5.41) is 0. The minimum Gasteiger partial charge on any atom is -0.364 e. The number of carbonyl (C=O) groups excluding carboxylic acids is 1. The topological polar surface area (TPSA) is 26.3 Å². The van der Waals surface area contributed by atoms with Crippen molar-refractivity contribution in [2.24, 2.45) is 28.6 Å². The summed E-state index contributed by atoms with van der Waals surface area (Å²) in [6.45, 7) is 7.69. The second kappa shape index (κ2) is 7.68. The summed E-state index contributed by atoms with van der Waals surface area (Å²) in [5.74, 6) is 9.27. The SMILES string of the molecule is CC1(C)[C@H]2CC[C@H](CO[C@@H](C#Cc3ccccc3)[C@@]3(C)CCCCC3=O)[C@@H]1C2. The molecule has 5 rings (SSSR count). The Morgan fingerprint density at radius 3 is 2.61 bits per heavy atom. The Labute approximate surface area is 170 Å². The molecule has 0 spiro atoms. The van der Waals surface area contributed by atoms with Crippen molar-refractivity contribution in [1.82, 2.24) is 0 Å². The summed E-state index contributed by atoms with van der Waals surface area (Å²) < 4.78 is 6.51. The quantitative estimate of drug-likeness (QED) is 0.633. The van der Waals surface area contributed by atoms with E-state index in [1.54, 1.807) is 0 Å². The second-order valence-corrected chi connectivity index (χ2v) is 10.1. The molecule has 0 heterocycles. The Hall–Kier alpha value is -1.59. The third-order valence-corrected chi connectivity index (χ3v) is 8.17. The van der Waals surface area contributed by atoms with Crippen LogP contribution in [0.15, 0.2) is 30.3 Å². The van der Waals surface area contributed by atoms with Crippen LogP contribution in [0.25, 0.3) is 0 Å². The van der Waals surface area contributed by atoms with Crippen LogP contribution in [-0.4, -0.2) is 18.5 Å². The molecule has 2 heteroatoms. The highest BCUT2D eigenvalue weighted by Gasteiger charge is 2.54. The molecule has 5 atom stereocenters. The van der Waals surface area contributed by atoms with Gasteiger partial charge < -0.3 is 4.74 Å². The number of hydrogen-bond acceptors (Lipinski definition) is 2. The maximum atomic E-state index is 12.8. The van der Waals surface area contributed by atoms with Crippen molar-refractivity contribution in [3.05, 3.63) is 35.9 Å². The van der Waals surface area contributed by atoms with Gasteiger partial charge in [-0.3, -0.25) is 4.79 Å². The molecular weight excluding hydrogens is 344 g/mol. The van der Waals surface area contributed by atoms with Gasteiger partial charge in [0, 0.05) is 12.0 Å². The summed E-state index contributed by atoms with van der Waals surface area (Å²) in [5.41, 5.74) is 0.984. The van der Waals surface area contributed by atoms with Gasteiger partial charge in [-0.25, -0.2) is 0 Å². The van der Waals surface area contributed by atoms with Crippen LogP contribution in [0.2, 0.25) is 0 Å². The van der Waals surface area contributed by atoms with Gasteiger partial charge in [-0.1, -0.05) is 50.3 Å². The average Bonchev–Trinajstić information content (AvgIpc) is 2.71. The summed E-state index contributed by atoms with van der Waals surface area (Å²) >= 11 is 0. The molecule has 150 valence electrons. The maximum Gasteiger partial charge on any atom is 0.142 e. The van der Waals surface area contributed by atoms with Gasteiger partial charge in [0.05, 0.1) is 12.0 Å². The third-order valence-electron chi connectivity index (χ3n) is 8.17. The molecule has 0 radical (unpaired) electrons. The van der Waals surface area contributed by atoms with Crippen LogP contribution in [0.3, 0.4) is 0 Å². The molecule has 28 heavy (non-hydrogen) atoms. The van der Waals surface area contributed by atoms with E-state index < -0.39 is 5.41 Å². The molecule has 0 N–H and O–H groups in total. The van der Waals surface area contributed by atoms with Gasteiger partial charge in [-0.2, -0.15) is 0 Å². The zero-order valence-electron chi connectivity index (χ0n) is 17.7. The van der Waals surface area contributed by atoms with Crippen LogP contribution >= 0.6 is 0 Å². The Balaban J connectivity index is 1.52. The van der Waals surface area contributed by atoms with E-state index in [0.29, 0.717) is 23.5 Å². The number of fused-ring (bicyclic) bond motifs is 2. The van der Waals surface area contributed by atoms with Crippen LogP contribution in [0.1, 0.15) is 71.3 Å². The lowest BCUT2D eigenvalue weighted by Gasteiger charge is -2.60. The standard InChI is InChI=1S/C26H34O2/c1-25(2)21-14-13-20(22(25)17-21)18-28-24(15-12-19-9-5-4-6-10-19)26(3)16-8-7-11-23(26)27/h4-6,9-10,20-22,24H,7-8,11,13-14,16-18H2,1-3H3/t20-,21+,22+,24+,26+/m1/s1. The zero-order valence-corrected chi connectivity index (χ0v) is 17.7. The van der Waals surface area contributed by atoms with Crippen LogP contribution in [0, 0.1) is 40.4 Å². The highest BCUT2D eigenvalue weighted by molar-refractivity contribution is 5.86. The van der Waals surface area contributed by atoms with Crippen molar-refractivity contribution in [3.63, 3.8) is 0 Å². The molecular formula is C26H34O2. The number of ketones is 1. The van der Waals surface area contributed by atoms with Crippen LogP contribution in [0.5, 0.6) is 0 Å². The number of ether oxygens (including phenoxy) is 1. The van der Waals surface area contributed by atoms with Gasteiger partial charge in [0.2, 0.25) is 0 Å². The van der Waals surface area contributed by atoms with Gasteiger partial charge in [-0.15, -0.1) is 0 Å². The number of Topliss-reactive ketones (excluding diaryl/α,β-unsaturated/α-hetero) is 1. The van der Waals surface area contributed by atoms with E-state index in [4.69, 9.17) is 4.74 Å².